The fraction of sp³-hybridized carbons (Fsp3) is 0.562. The minimum atomic E-state index is 0.319. The topological polar surface area (TPSA) is 17.1 Å². The van der Waals surface area contributed by atoms with E-state index in [0.717, 1.165) is 28.3 Å². The van der Waals surface area contributed by atoms with Gasteiger partial charge in [-0.05, 0) is 55.6 Å². The Morgan fingerprint density at radius 3 is 2.78 bits per heavy atom. The minimum absolute atomic E-state index is 0.319. The summed E-state index contributed by atoms with van der Waals surface area (Å²) in [6, 6.07) is 6.03. The summed E-state index contributed by atoms with van der Waals surface area (Å²) in [5.74, 6) is 2.74. The number of hydrogen-bond donors (Lipinski definition) is 0. The van der Waals surface area contributed by atoms with E-state index in [1.54, 1.807) is 0 Å². The molecule has 0 heterocycles. The van der Waals surface area contributed by atoms with E-state index in [-0.39, 0.29) is 0 Å². The largest absolute Gasteiger partial charge is 0.294 e. The van der Waals surface area contributed by atoms with Crippen LogP contribution in [0.5, 0.6) is 0 Å². The van der Waals surface area contributed by atoms with Gasteiger partial charge in [0.25, 0.3) is 0 Å². The van der Waals surface area contributed by atoms with Crippen LogP contribution < -0.4 is 0 Å². The van der Waals surface area contributed by atoms with Crippen LogP contribution >= 0.6 is 15.9 Å². The SMILES string of the molecule is Cc1ccc(C(=O)CC2CC3CCC2C3)c(Br)c1. The Hall–Kier alpha value is -0.630. The maximum Gasteiger partial charge on any atom is 0.164 e. The smallest absolute Gasteiger partial charge is 0.164 e. The molecule has 0 aliphatic heterocycles. The lowest BCUT2D eigenvalue weighted by molar-refractivity contribution is 0.0943. The first-order valence-corrected chi connectivity index (χ1v) is 7.72. The average molecular weight is 307 g/mol. The minimum Gasteiger partial charge on any atom is -0.294 e. The number of aryl methyl sites for hydroxylation is 1. The van der Waals surface area contributed by atoms with Gasteiger partial charge in [-0.1, -0.05) is 34.5 Å². The van der Waals surface area contributed by atoms with Crippen LogP contribution in [0.25, 0.3) is 0 Å². The van der Waals surface area contributed by atoms with Crippen molar-refractivity contribution in [2.45, 2.75) is 39.0 Å². The van der Waals surface area contributed by atoms with Gasteiger partial charge in [0.05, 0.1) is 0 Å². The van der Waals surface area contributed by atoms with Gasteiger partial charge in [0.15, 0.2) is 5.78 Å². The van der Waals surface area contributed by atoms with E-state index >= 15 is 0 Å². The van der Waals surface area contributed by atoms with Crippen LogP contribution in [-0.4, -0.2) is 5.78 Å². The lowest BCUT2D eigenvalue weighted by Crippen LogP contribution is -2.15. The molecule has 96 valence electrons. The second kappa shape index (κ2) is 4.80. The number of carbonyl (C=O) groups excluding carboxylic acids is 1. The maximum absolute atomic E-state index is 12.4. The molecule has 2 heteroatoms. The van der Waals surface area contributed by atoms with Gasteiger partial charge in [-0.3, -0.25) is 4.79 Å². The highest BCUT2D eigenvalue weighted by Gasteiger charge is 2.40. The molecule has 0 N–H and O–H groups in total. The fourth-order valence-corrected chi connectivity index (χ4v) is 4.54. The summed E-state index contributed by atoms with van der Waals surface area (Å²) in [6.45, 7) is 2.05. The second-order valence-electron chi connectivity index (χ2n) is 6.05. The standard InChI is InChI=1S/C16H19BrO/c1-10-2-5-14(15(17)6-10)16(18)9-13-8-11-3-4-12(13)7-11/h2,5-6,11-13H,3-4,7-9H2,1H3. The zero-order valence-electron chi connectivity index (χ0n) is 10.8. The lowest BCUT2D eigenvalue weighted by Gasteiger charge is -2.21. The van der Waals surface area contributed by atoms with Gasteiger partial charge in [-0.15, -0.1) is 0 Å². The number of Topliss-reactive ketones (excluding diaryl/α,β-unsaturated/α-hetero) is 1. The first kappa shape index (κ1) is 12.4. The molecule has 0 amide bonds. The van der Waals surface area contributed by atoms with E-state index in [1.807, 2.05) is 18.2 Å². The maximum atomic E-state index is 12.4. The molecule has 3 atom stereocenters. The average Bonchev–Trinajstić information content (AvgIpc) is 2.90. The van der Waals surface area contributed by atoms with Crippen LogP contribution in [-0.2, 0) is 0 Å². The van der Waals surface area contributed by atoms with E-state index in [9.17, 15) is 4.79 Å². The number of carbonyl (C=O) groups is 1. The van der Waals surface area contributed by atoms with E-state index in [2.05, 4.69) is 22.9 Å². The Labute approximate surface area is 117 Å². The molecular formula is C16H19BrO. The van der Waals surface area contributed by atoms with Gasteiger partial charge in [0.1, 0.15) is 0 Å². The molecule has 3 unspecified atom stereocenters. The van der Waals surface area contributed by atoms with Crippen molar-refractivity contribution in [2.75, 3.05) is 0 Å². The van der Waals surface area contributed by atoms with Crippen LogP contribution in [0.3, 0.4) is 0 Å². The highest BCUT2D eigenvalue weighted by Crippen LogP contribution is 2.49. The summed E-state index contributed by atoms with van der Waals surface area (Å²) in [6.07, 6.45) is 6.19. The Bertz CT molecular complexity index is 480. The van der Waals surface area contributed by atoms with Crippen LogP contribution in [0.4, 0.5) is 0 Å². The molecular weight excluding hydrogens is 288 g/mol. The molecule has 1 aromatic rings. The van der Waals surface area contributed by atoms with Gasteiger partial charge < -0.3 is 0 Å². The number of rotatable bonds is 3. The zero-order chi connectivity index (χ0) is 12.7. The molecule has 1 nitrogen and oxygen atoms in total. The first-order valence-electron chi connectivity index (χ1n) is 6.93. The summed E-state index contributed by atoms with van der Waals surface area (Å²) in [5, 5.41) is 0. The molecule has 2 aliphatic carbocycles. The van der Waals surface area contributed by atoms with E-state index < -0.39 is 0 Å². The molecule has 3 rings (SSSR count). The number of ketones is 1. The summed E-state index contributed by atoms with van der Waals surface area (Å²) in [5.41, 5.74) is 2.06. The molecule has 2 saturated carbocycles. The van der Waals surface area contributed by atoms with Crippen molar-refractivity contribution in [3.05, 3.63) is 33.8 Å². The van der Waals surface area contributed by atoms with Crippen molar-refractivity contribution in [3.8, 4) is 0 Å². The predicted octanol–water partition coefficient (Wildman–Crippen LogP) is 4.77. The molecule has 0 aromatic heterocycles. The number of halogens is 1. The van der Waals surface area contributed by atoms with Crippen molar-refractivity contribution < 1.29 is 4.79 Å². The van der Waals surface area contributed by atoms with Crippen LogP contribution in [0, 0.1) is 24.7 Å². The van der Waals surface area contributed by atoms with E-state index in [4.69, 9.17) is 0 Å². The van der Waals surface area contributed by atoms with Crippen molar-refractivity contribution in [2.24, 2.45) is 17.8 Å². The summed E-state index contributed by atoms with van der Waals surface area (Å²) < 4.78 is 0.954. The van der Waals surface area contributed by atoms with Gasteiger partial charge >= 0.3 is 0 Å². The molecule has 2 fully saturated rings. The Morgan fingerprint density at radius 2 is 2.17 bits per heavy atom. The molecule has 0 spiro atoms. The van der Waals surface area contributed by atoms with Crippen molar-refractivity contribution in [3.63, 3.8) is 0 Å². The molecule has 0 radical (unpaired) electrons. The Balaban J connectivity index is 1.71. The Kier molecular flexibility index (Phi) is 3.31. The van der Waals surface area contributed by atoms with E-state index in [0.29, 0.717) is 11.7 Å². The molecule has 2 bridgehead atoms. The summed E-state index contributed by atoms with van der Waals surface area (Å²) >= 11 is 3.52. The summed E-state index contributed by atoms with van der Waals surface area (Å²) in [4.78, 5) is 12.4. The second-order valence-corrected chi connectivity index (χ2v) is 6.90. The molecule has 1 aromatic carbocycles. The van der Waals surface area contributed by atoms with Crippen molar-refractivity contribution in [1.82, 2.24) is 0 Å². The lowest BCUT2D eigenvalue weighted by atomic mass is 9.84. The van der Waals surface area contributed by atoms with Crippen molar-refractivity contribution >= 4 is 21.7 Å². The predicted molar refractivity (Wildman–Crippen MR) is 76.8 cm³/mol. The van der Waals surface area contributed by atoms with Gasteiger partial charge in [0.2, 0.25) is 0 Å². The number of fused-ring (bicyclic) bond motifs is 2. The quantitative estimate of drug-likeness (QED) is 0.735. The first-order chi connectivity index (χ1) is 8.63. The summed E-state index contributed by atoms with van der Waals surface area (Å²) in [7, 11) is 0. The molecule has 18 heavy (non-hydrogen) atoms. The molecule has 2 aliphatic rings. The number of benzene rings is 1. The zero-order valence-corrected chi connectivity index (χ0v) is 12.4. The normalized spacial score (nSPS) is 29.8. The number of hydrogen-bond acceptors (Lipinski definition) is 1. The van der Waals surface area contributed by atoms with Crippen molar-refractivity contribution in [1.29, 1.82) is 0 Å². The van der Waals surface area contributed by atoms with Crippen LogP contribution in [0.15, 0.2) is 22.7 Å². The highest BCUT2D eigenvalue weighted by atomic mass is 79.9. The van der Waals surface area contributed by atoms with Gasteiger partial charge in [-0.25, -0.2) is 0 Å². The third-order valence-electron chi connectivity index (χ3n) is 4.76. The fourth-order valence-electron chi connectivity index (χ4n) is 3.82. The van der Waals surface area contributed by atoms with Crippen LogP contribution in [0.1, 0.15) is 48.0 Å². The van der Waals surface area contributed by atoms with Gasteiger partial charge in [0, 0.05) is 16.5 Å². The third-order valence-corrected chi connectivity index (χ3v) is 5.41. The third kappa shape index (κ3) is 2.27. The molecule has 0 saturated heterocycles. The van der Waals surface area contributed by atoms with E-state index in [1.165, 1.54) is 31.2 Å². The monoisotopic (exact) mass is 306 g/mol. The Morgan fingerprint density at radius 1 is 1.33 bits per heavy atom. The van der Waals surface area contributed by atoms with Crippen LogP contribution in [0.2, 0.25) is 0 Å². The van der Waals surface area contributed by atoms with Gasteiger partial charge in [-0.2, -0.15) is 0 Å². The highest BCUT2D eigenvalue weighted by molar-refractivity contribution is 9.10.